The van der Waals surface area contributed by atoms with E-state index in [4.69, 9.17) is 24.7 Å². The Kier molecular flexibility index (Phi) is 5.69. The van der Waals surface area contributed by atoms with Gasteiger partial charge in [-0.3, -0.25) is 0 Å². The molecule has 3 N–H and O–H groups in total. The molecule has 0 unspecified atom stereocenters. The van der Waals surface area contributed by atoms with E-state index >= 15 is 0 Å². The van der Waals surface area contributed by atoms with Crippen LogP contribution in [0.4, 0.5) is 17.6 Å². The molecule has 10 nitrogen and oxygen atoms in total. The van der Waals surface area contributed by atoms with E-state index in [-0.39, 0.29) is 29.9 Å². The molecule has 4 rings (SSSR count). The predicted octanol–water partition coefficient (Wildman–Crippen LogP) is 2.64. The topological polar surface area (TPSA) is 131 Å². The summed E-state index contributed by atoms with van der Waals surface area (Å²) < 4.78 is 21.7. The monoisotopic (exact) mass is 423 g/mol. The number of carbonyl (C=O) groups excluding carboxylic acids is 1. The Morgan fingerprint density at radius 2 is 1.97 bits per heavy atom. The molecular weight excluding hydrogens is 402 g/mol. The minimum Gasteiger partial charge on any atom is -0.493 e. The van der Waals surface area contributed by atoms with Gasteiger partial charge in [-0.2, -0.15) is 15.0 Å². The Bertz CT molecular complexity index is 1100. The summed E-state index contributed by atoms with van der Waals surface area (Å²) in [6.45, 7) is 2.56. The van der Waals surface area contributed by atoms with E-state index < -0.39 is 5.97 Å². The van der Waals surface area contributed by atoms with Crippen molar-refractivity contribution in [3.05, 3.63) is 53.3 Å². The fourth-order valence-corrected chi connectivity index (χ4v) is 3.00. The van der Waals surface area contributed by atoms with Gasteiger partial charge in [0.25, 0.3) is 0 Å². The molecule has 0 saturated carbocycles. The van der Waals surface area contributed by atoms with Crippen LogP contribution in [0.3, 0.4) is 0 Å². The number of aryl methyl sites for hydroxylation is 1. The zero-order chi connectivity index (χ0) is 21.8. The first-order chi connectivity index (χ1) is 15.0. The first-order valence-electron chi connectivity index (χ1n) is 9.51. The van der Waals surface area contributed by atoms with Crippen LogP contribution in [-0.4, -0.2) is 41.2 Å². The maximum Gasteiger partial charge on any atom is 0.338 e. The van der Waals surface area contributed by atoms with Gasteiger partial charge in [-0.25, -0.2) is 4.79 Å². The third-order valence-corrected chi connectivity index (χ3v) is 4.49. The molecule has 0 atom stereocenters. The molecular formula is C21H21N5O5. The van der Waals surface area contributed by atoms with Crippen molar-refractivity contribution in [2.75, 3.05) is 31.4 Å². The molecule has 1 aliphatic rings. The number of benzene rings is 2. The van der Waals surface area contributed by atoms with Crippen LogP contribution in [0.2, 0.25) is 0 Å². The zero-order valence-electron chi connectivity index (χ0n) is 17.0. The average Bonchev–Trinajstić information content (AvgIpc) is 2.78. The van der Waals surface area contributed by atoms with Gasteiger partial charge in [-0.1, -0.05) is 18.2 Å². The Labute approximate surface area is 178 Å². The van der Waals surface area contributed by atoms with E-state index in [1.54, 1.807) is 6.07 Å². The lowest BCUT2D eigenvalue weighted by Crippen LogP contribution is -2.17. The van der Waals surface area contributed by atoms with Gasteiger partial charge in [0.15, 0.2) is 23.9 Å². The van der Waals surface area contributed by atoms with E-state index in [0.717, 1.165) is 11.3 Å². The highest BCUT2D eigenvalue weighted by atomic mass is 16.6. The number of nitrogens with one attached hydrogen (secondary N) is 1. The normalized spacial score (nSPS) is 12.2. The number of hydrogen-bond acceptors (Lipinski definition) is 10. The first kappa shape index (κ1) is 20.2. The van der Waals surface area contributed by atoms with Gasteiger partial charge in [0, 0.05) is 5.69 Å². The van der Waals surface area contributed by atoms with Crippen LogP contribution in [0.25, 0.3) is 0 Å². The number of para-hydroxylation sites is 1. The Balaban J connectivity index is 1.48. The molecule has 3 aromatic rings. The molecule has 10 heteroatoms. The Morgan fingerprint density at radius 1 is 1.16 bits per heavy atom. The second-order valence-electron chi connectivity index (χ2n) is 6.65. The van der Waals surface area contributed by atoms with Gasteiger partial charge < -0.3 is 30.0 Å². The highest BCUT2D eigenvalue weighted by molar-refractivity contribution is 5.91. The van der Waals surface area contributed by atoms with Crippen molar-refractivity contribution in [2.24, 2.45) is 0 Å². The molecule has 0 spiro atoms. The summed E-state index contributed by atoms with van der Waals surface area (Å²) in [5, 5.41) is 3.09. The maximum atomic E-state index is 12.6. The van der Waals surface area contributed by atoms with Crippen molar-refractivity contribution < 1.29 is 23.7 Å². The van der Waals surface area contributed by atoms with Crippen molar-refractivity contribution in [1.29, 1.82) is 0 Å². The fraction of sp³-hybridized carbons (Fsp3) is 0.238. The van der Waals surface area contributed by atoms with Crippen LogP contribution >= 0.6 is 0 Å². The number of nitrogens with zero attached hydrogens (tertiary/aromatic N) is 3. The number of anilines is 3. The highest BCUT2D eigenvalue weighted by Gasteiger charge is 2.22. The number of rotatable bonds is 6. The lowest BCUT2D eigenvalue weighted by atomic mass is 10.1. The summed E-state index contributed by atoms with van der Waals surface area (Å²) in [7, 11) is 1.49. The second-order valence-corrected chi connectivity index (χ2v) is 6.65. The molecule has 0 amide bonds. The van der Waals surface area contributed by atoms with Gasteiger partial charge >= 0.3 is 5.97 Å². The summed E-state index contributed by atoms with van der Waals surface area (Å²) in [6, 6.07) is 10.8. The number of nitrogen functional groups attached to an aromatic ring is 1. The molecule has 31 heavy (non-hydrogen) atoms. The van der Waals surface area contributed by atoms with Crippen LogP contribution in [-0.2, 0) is 11.3 Å². The standard InChI is InChI=1S/C21H21N5O5/c1-12-5-3-4-6-14(12)23-21-25-17(24-20(22)26-21)11-31-19(27)13-9-15(28-2)18-16(10-13)29-7-8-30-18/h3-6,9-10H,7-8,11H2,1-2H3,(H3,22,23,24,25,26). The van der Waals surface area contributed by atoms with Gasteiger partial charge in [-0.05, 0) is 30.7 Å². The van der Waals surface area contributed by atoms with Crippen molar-refractivity contribution in [3.8, 4) is 17.2 Å². The summed E-state index contributed by atoms with van der Waals surface area (Å²) in [5.41, 5.74) is 7.89. The van der Waals surface area contributed by atoms with Crippen LogP contribution < -0.4 is 25.3 Å². The number of esters is 1. The van der Waals surface area contributed by atoms with Crippen molar-refractivity contribution >= 4 is 23.6 Å². The number of methoxy groups -OCH3 is 1. The predicted molar refractivity (Wildman–Crippen MR) is 112 cm³/mol. The molecule has 2 heterocycles. The van der Waals surface area contributed by atoms with Crippen molar-refractivity contribution in [1.82, 2.24) is 15.0 Å². The SMILES string of the molecule is COc1cc(C(=O)OCc2nc(N)nc(Nc3ccccc3C)n2)cc2c1OCCO2. The minimum absolute atomic E-state index is 0.0122. The molecule has 0 fully saturated rings. The number of hydrogen-bond donors (Lipinski definition) is 2. The van der Waals surface area contributed by atoms with Crippen LogP contribution in [0.5, 0.6) is 17.2 Å². The van der Waals surface area contributed by atoms with E-state index in [2.05, 4.69) is 20.3 Å². The Morgan fingerprint density at radius 3 is 2.77 bits per heavy atom. The summed E-state index contributed by atoms with van der Waals surface area (Å²) in [6.07, 6.45) is 0. The van der Waals surface area contributed by atoms with Gasteiger partial charge in [0.1, 0.15) is 13.2 Å². The minimum atomic E-state index is -0.595. The molecule has 1 aromatic heterocycles. The van der Waals surface area contributed by atoms with Crippen molar-refractivity contribution in [2.45, 2.75) is 13.5 Å². The summed E-state index contributed by atoms with van der Waals surface area (Å²) in [4.78, 5) is 25.0. The first-order valence-corrected chi connectivity index (χ1v) is 9.51. The average molecular weight is 423 g/mol. The van der Waals surface area contributed by atoms with Crippen LogP contribution in [0.15, 0.2) is 36.4 Å². The van der Waals surface area contributed by atoms with Gasteiger partial charge in [0.2, 0.25) is 17.6 Å². The summed E-state index contributed by atoms with van der Waals surface area (Å²) in [5.74, 6) is 1.16. The quantitative estimate of drug-likeness (QED) is 0.570. The van der Waals surface area contributed by atoms with Gasteiger partial charge in [-0.15, -0.1) is 0 Å². The molecule has 0 saturated heterocycles. The fourth-order valence-electron chi connectivity index (χ4n) is 3.00. The van der Waals surface area contributed by atoms with Crippen LogP contribution in [0, 0.1) is 6.92 Å². The highest BCUT2D eigenvalue weighted by Crippen LogP contribution is 2.40. The number of ether oxygens (including phenoxy) is 4. The van der Waals surface area contributed by atoms with E-state index in [1.165, 1.54) is 13.2 Å². The Hall–Kier alpha value is -4.08. The lowest BCUT2D eigenvalue weighted by molar-refractivity contribution is 0.0460. The largest absolute Gasteiger partial charge is 0.493 e. The smallest absolute Gasteiger partial charge is 0.338 e. The van der Waals surface area contributed by atoms with E-state index in [0.29, 0.717) is 30.5 Å². The molecule has 0 bridgehead atoms. The van der Waals surface area contributed by atoms with E-state index in [9.17, 15) is 4.79 Å². The van der Waals surface area contributed by atoms with Crippen molar-refractivity contribution in [3.63, 3.8) is 0 Å². The second kappa shape index (κ2) is 8.74. The lowest BCUT2D eigenvalue weighted by Gasteiger charge is -2.21. The molecule has 0 radical (unpaired) electrons. The zero-order valence-corrected chi connectivity index (χ0v) is 17.0. The number of aromatic nitrogens is 3. The number of carbonyl (C=O) groups is 1. The molecule has 1 aliphatic heterocycles. The summed E-state index contributed by atoms with van der Waals surface area (Å²) >= 11 is 0. The van der Waals surface area contributed by atoms with Gasteiger partial charge in [0.05, 0.1) is 12.7 Å². The number of nitrogens with two attached hydrogens (primary N) is 1. The molecule has 160 valence electrons. The third-order valence-electron chi connectivity index (χ3n) is 4.49. The number of fused-ring (bicyclic) bond motifs is 1. The van der Waals surface area contributed by atoms with E-state index in [1.807, 2.05) is 31.2 Å². The molecule has 2 aromatic carbocycles. The third kappa shape index (κ3) is 4.58. The maximum absolute atomic E-state index is 12.6. The van der Waals surface area contributed by atoms with Crippen LogP contribution in [0.1, 0.15) is 21.7 Å². The molecule has 0 aliphatic carbocycles.